The molecule has 3 N–H and O–H groups in total. The Bertz CT molecular complexity index is 1250. The number of sulfonamides is 1. The average Bonchev–Trinajstić information content (AvgIpc) is 2.88. The number of amidine groups is 1. The largest absolute Gasteiger partial charge is 0.507 e. The van der Waals surface area contributed by atoms with E-state index in [1.165, 1.54) is 0 Å². The number of benzene rings is 2. The summed E-state index contributed by atoms with van der Waals surface area (Å²) in [6.07, 6.45) is 0. The van der Waals surface area contributed by atoms with Gasteiger partial charge in [0.25, 0.3) is 10.0 Å². The number of phenols is 1. The zero-order valence-electron chi connectivity index (χ0n) is 17.5. The van der Waals surface area contributed by atoms with Gasteiger partial charge in [-0.25, -0.2) is 9.59 Å². The molecule has 2 aromatic rings. The minimum Gasteiger partial charge on any atom is -0.507 e. The second-order valence-corrected chi connectivity index (χ2v) is 8.21. The number of hydrogen-bond donors (Lipinski definition) is 3. The number of carbonyl (C=O) groups excluding carboxylic acids is 2. The third kappa shape index (κ3) is 4.57. The summed E-state index contributed by atoms with van der Waals surface area (Å²) in [6.45, 7) is 3.29. The molecule has 1 aliphatic rings. The van der Waals surface area contributed by atoms with Crippen LogP contribution in [0.15, 0.2) is 63.0 Å². The Morgan fingerprint density at radius 3 is 2.34 bits per heavy atom. The number of hydrogen-bond acceptors (Lipinski definition) is 8. The van der Waals surface area contributed by atoms with Gasteiger partial charge in [-0.15, -0.1) is 4.40 Å². The molecule has 0 aliphatic carbocycles. The highest BCUT2D eigenvalue weighted by Gasteiger charge is 2.28. The molecule has 11 heteroatoms. The zero-order valence-corrected chi connectivity index (χ0v) is 18.3. The van der Waals surface area contributed by atoms with Crippen LogP contribution in [0.25, 0.3) is 0 Å². The Labute approximate surface area is 184 Å². The maximum atomic E-state index is 13.1. The molecular weight excluding hydrogens is 438 g/mol. The van der Waals surface area contributed by atoms with Gasteiger partial charge >= 0.3 is 11.9 Å². The lowest BCUT2D eigenvalue weighted by Crippen LogP contribution is -2.25. The SMILES string of the molecule is CCOC(=O)C1=C(C)Nc2ccccc2N/C1=N/S(=O)(=O)c1ccc(O)c(C(=O)OC)c1. The lowest BCUT2D eigenvalue weighted by Gasteiger charge is -2.12. The van der Waals surface area contributed by atoms with E-state index in [1.807, 2.05) is 0 Å². The number of anilines is 2. The molecule has 1 heterocycles. The fourth-order valence-corrected chi connectivity index (χ4v) is 3.97. The molecule has 0 fully saturated rings. The second kappa shape index (κ2) is 9.10. The van der Waals surface area contributed by atoms with Gasteiger partial charge in [-0.2, -0.15) is 8.42 Å². The number of carbonyl (C=O) groups is 2. The number of allylic oxidation sites excluding steroid dienone is 1. The van der Waals surface area contributed by atoms with Crippen LogP contribution < -0.4 is 10.6 Å². The van der Waals surface area contributed by atoms with Crippen LogP contribution in [0.3, 0.4) is 0 Å². The normalized spacial score (nSPS) is 14.7. The molecule has 0 unspecified atom stereocenters. The van der Waals surface area contributed by atoms with Gasteiger partial charge in [0.2, 0.25) is 0 Å². The Morgan fingerprint density at radius 1 is 1.06 bits per heavy atom. The molecule has 0 bridgehead atoms. The van der Waals surface area contributed by atoms with Crippen molar-refractivity contribution in [2.24, 2.45) is 4.40 Å². The van der Waals surface area contributed by atoms with E-state index in [0.717, 1.165) is 25.3 Å². The minimum absolute atomic E-state index is 0.0725. The van der Waals surface area contributed by atoms with E-state index in [1.54, 1.807) is 38.1 Å². The molecule has 1 aliphatic heterocycles. The van der Waals surface area contributed by atoms with Crippen LogP contribution in [0, 0.1) is 0 Å². The molecule has 0 amide bonds. The van der Waals surface area contributed by atoms with Gasteiger partial charge in [-0.05, 0) is 44.2 Å². The van der Waals surface area contributed by atoms with Gasteiger partial charge in [0.05, 0.1) is 30.0 Å². The van der Waals surface area contributed by atoms with E-state index in [2.05, 4.69) is 19.8 Å². The van der Waals surface area contributed by atoms with E-state index in [0.29, 0.717) is 17.1 Å². The molecule has 0 atom stereocenters. The molecule has 3 rings (SSSR count). The lowest BCUT2D eigenvalue weighted by atomic mass is 10.2. The predicted molar refractivity (Wildman–Crippen MR) is 117 cm³/mol. The molecule has 0 saturated heterocycles. The van der Waals surface area contributed by atoms with Crippen molar-refractivity contribution in [3.05, 3.63) is 59.3 Å². The lowest BCUT2D eigenvalue weighted by molar-refractivity contribution is -0.137. The third-order valence-electron chi connectivity index (χ3n) is 4.48. The number of phenolic OH excluding ortho intramolecular Hbond substituents is 1. The van der Waals surface area contributed by atoms with Gasteiger partial charge in [-0.1, -0.05) is 12.1 Å². The monoisotopic (exact) mass is 459 g/mol. The van der Waals surface area contributed by atoms with Gasteiger partial charge in [0.15, 0.2) is 5.84 Å². The summed E-state index contributed by atoms with van der Waals surface area (Å²) in [7, 11) is -3.33. The van der Waals surface area contributed by atoms with Gasteiger partial charge in [0.1, 0.15) is 16.9 Å². The van der Waals surface area contributed by atoms with Crippen molar-refractivity contribution < 1.29 is 32.6 Å². The van der Waals surface area contributed by atoms with Crippen molar-refractivity contribution in [3.63, 3.8) is 0 Å². The summed E-state index contributed by atoms with van der Waals surface area (Å²) in [6, 6.07) is 10.0. The maximum absolute atomic E-state index is 13.1. The van der Waals surface area contributed by atoms with E-state index in [-0.39, 0.29) is 28.5 Å². The van der Waals surface area contributed by atoms with Crippen LogP contribution in [0.5, 0.6) is 5.75 Å². The second-order valence-electron chi connectivity index (χ2n) is 6.60. The highest BCUT2D eigenvalue weighted by atomic mass is 32.2. The van der Waals surface area contributed by atoms with Gasteiger partial charge in [0, 0.05) is 5.70 Å². The van der Waals surface area contributed by atoms with E-state index < -0.39 is 27.7 Å². The number of fused-ring (bicyclic) bond motifs is 1. The van der Waals surface area contributed by atoms with E-state index in [4.69, 9.17) is 4.74 Å². The fourth-order valence-electron chi connectivity index (χ4n) is 2.98. The summed E-state index contributed by atoms with van der Waals surface area (Å²) in [4.78, 5) is 24.1. The van der Waals surface area contributed by atoms with E-state index >= 15 is 0 Å². The standard InChI is InChI=1S/C21H21N3O7S/c1-4-31-21(27)18-12(2)22-15-7-5-6-8-16(15)23-19(18)24-32(28,29)13-9-10-17(25)14(11-13)20(26)30-3/h5-11,22,25H,4H2,1-3H3,(H,23,24). The Balaban J connectivity index is 2.17. The highest BCUT2D eigenvalue weighted by molar-refractivity contribution is 7.90. The summed E-state index contributed by atoms with van der Waals surface area (Å²) >= 11 is 0. The van der Waals surface area contributed by atoms with Crippen LogP contribution >= 0.6 is 0 Å². The first-order valence-corrected chi connectivity index (χ1v) is 10.9. The average molecular weight is 459 g/mol. The summed E-state index contributed by atoms with van der Waals surface area (Å²) < 4.78 is 39.6. The molecule has 0 radical (unpaired) electrons. The number of para-hydroxylation sites is 2. The number of aromatic hydroxyl groups is 1. The Hall–Kier alpha value is -3.86. The van der Waals surface area contributed by atoms with E-state index in [9.17, 15) is 23.1 Å². The Morgan fingerprint density at radius 2 is 1.72 bits per heavy atom. The van der Waals surface area contributed by atoms with Gasteiger partial charge < -0.3 is 25.2 Å². The maximum Gasteiger partial charge on any atom is 0.343 e. The molecule has 0 aromatic heterocycles. The first-order valence-electron chi connectivity index (χ1n) is 9.45. The third-order valence-corrected chi connectivity index (χ3v) is 5.75. The Kier molecular flexibility index (Phi) is 6.49. The van der Waals surface area contributed by atoms with Crippen molar-refractivity contribution in [2.45, 2.75) is 18.7 Å². The number of esters is 2. The van der Waals surface area contributed by atoms with Crippen molar-refractivity contribution in [1.29, 1.82) is 0 Å². The van der Waals surface area contributed by atoms with Gasteiger partial charge in [-0.3, -0.25) is 0 Å². The van der Waals surface area contributed by atoms with Crippen molar-refractivity contribution in [1.82, 2.24) is 0 Å². The van der Waals surface area contributed by atoms with Crippen molar-refractivity contribution in [3.8, 4) is 5.75 Å². The summed E-state index contributed by atoms with van der Waals surface area (Å²) in [5.41, 5.74) is 0.981. The predicted octanol–water partition coefficient (Wildman–Crippen LogP) is 2.64. The number of ether oxygens (including phenoxy) is 2. The minimum atomic E-state index is -4.43. The molecular formula is C21H21N3O7S. The molecule has 32 heavy (non-hydrogen) atoms. The van der Waals surface area contributed by atoms with Crippen molar-refractivity contribution >= 4 is 39.2 Å². The summed E-state index contributed by atoms with van der Waals surface area (Å²) in [5.74, 6) is -2.39. The summed E-state index contributed by atoms with van der Waals surface area (Å²) in [5, 5.41) is 15.8. The molecule has 0 spiro atoms. The number of methoxy groups -OCH3 is 1. The number of rotatable bonds is 5. The van der Waals surface area contributed by atoms with Crippen LogP contribution in [0.4, 0.5) is 11.4 Å². The first kappa shape index (κ1) is 22.8. The fraction of sp³-hybridized carbons (Fsp3) is 0.190. The first-order chi connectivity index (χ1) is 15.2. The number of nitrogens with zero attached hydrogens (tertiary/aromatic N) is 1. The topological polar surface area (TPSA) is 143 Å². The van der Waals surface area contributed by atoms with Crippen LogP contribution in [-0.2, 0) is 24.3 Å². The quantitative estimate of drug-likeness (QED) is 0.575. The van der Waals surface area contributed by atoms with Crippen LogP contribution in [0.2, 0.25) is 0 Å². The van der Waals surface area contributed by atoms with Crippen LogP contribution in [0.1, 0.15) is 24.2 Å². The smallest absolute Gasteiger partial charge is 0.343 e. The van der Waals surface area contributed by atoms with Crippen LogP contribution in [-0.4, -0.2) is 45.0 Å². The molecule has 168 valence electrons. The zero-order chi connectivity index (χ0) is 23.5. The highest BCUT2D eigenvalue weighted by Crippen LogP contribution is 2.29. The van der Waals surface area contributed by atoms with Crippen molar-refractivity contribution in [2.75, 3.05) is 24.4 Å². The number of nitrogens with one attached hydrogen (secondary N) is 2. The molecule has 10 nitrogen and oxygen atoms in total. The molecule has 0 saturated carbocycles. The molecule has 2 aromatic carbocycles.